The Kier molecular flexibility index (Phi) is 5.45. The van der Waals surface area contributed by atoms with Gasteiger partial charge in [0, 0.05) is 5.02 Å². The number of benzene rings is 1. The summed E-state index contributed by atoms with van der Waals surface area (Å²) in [7, 11) is 0. The van der Waals surface area contributed by atoms with Gasteiger partial charge in [-0.1, -0.05) is 18.5 Å². The summed E-state index contributed by atoms with van der Waals surface area (Å²) in [6.07, 6.45) is 0.804. The minimum atomic E-state index is -1.11. The Morgan fingerprint density at radius 2 is 2.17 bits per heavy atom. The Morgan fingerprint density at radius 3 is 2.78 bits per heavy atom. The van der Waals surface area contributed by atoms with Crippen molar-refractivity contribution in [2.75, 3.05) is 13.2 Å². The summed E-state index contributed by atoms with van der Waals surface area (Å²) in [6.45, 7) is 1.97. The molecular formula is C12H14ClNO4. The number of ether oxygens (including phenoxy) is 1. The maximum atomic E-state index is 11.8. The molecule has 1 aromatic rings. The van der Waals surface area contributed by atoms with E-state index in [1.54, 1.807) is 12.1 Å². The fraction of sp³-hybridized carbons (Fsp3) is 0.333. The third kappa shape index (κ3) is 4.25. The standard InChI is InChI=1S/C12H14ClNO4/c1-2-5-18-10-4-3-8(13)6-9(10)12(17)14-7-11(15)16/h3-4,6H,2,5,7H2,1H3,(H,14,17)(H,15,16). The molecule has 1 aromatic carbocycles. The topological polar surface area (TPSA) is 75.6 Å². The smallest absolute Gasteiger partial charge is 0.322 e. The van der Waals surface area contributed by atoms with Crippen molar-refractivity contribution in [3.05, 3.63) is 28.8 Å². The van der Waals surface area contributed by atoms with Crippen molar-refractivity contribution in [3.63, 3.8) is 0 Å². The minimum absolute atomic E-state index is 0.234. The van der Waals surface area contributed by atoms with Gasteiger partial charge in [-0.2, -0.15) is 0 Å². The van der Waals surface area contributed by atoms with E-state index in [0.717, 1.165) is 6.42 Å². The zero-order valence-corrected chi connectivity index (χ0v) is 10.7. The van der Waals surface area contributed by atoms with E-state index in [1.165, 1.54) is 6.07 Å². The first-order valence-corrected chi connectivity index (χ1v) is 5.84. The molecule has 98 valence electrons. The van der Waals surface area contributed by atoms with Gasteiger partial charge in [-0.05, 0) is 24.6 Å². The van der Waals surface area contributed by atoms with Gasteiger partial charge < -0.3 is 15.2 Å². The highest BCUT2D eigenvalue weighted by Gasteiger charge is 2.14. The lowest BCUT2D eigenvalue weighted by molar-refractivity contribution is -0.135. The maximum absolute atomic E-state index is 11.8. The normalized spacial score (nSPS) is 9.89. The number of aliphatic carboxylic acids is 1. The van der Waals surface area contributed by atoms with Crippen LogP contribution < -0.4 is 10.1 Å². The lowest BCUT2D eigenvalue weighted by atomic mass is 10.2. The van der Waals surface area contributed by atoms with Gasteiger partial charge in [0.2, 0.25) is 0 Å². The average Bonchev–Trinajstić information content (AvgIpc) is 2.34. The van der Waals surface area contributed by atoms with Crippen LogP contribution in [-0.4, -0.2) is 30.1 Å². The van der Waals surface area contributed by atoms with Gasteiger partial charge in [0.15, 0.2) is 0 Å². The molecule has 0 fully saturated rings. The van der Waals surface area contributed by atoms with E-state index >= 15 is 0 Å². The van der Waals surface area contributed by atoms with E-state index in [-0.39, 0.29) is 5.56 Å². The Bertz CT molecular complexity index is 448. The third-order valence-electron chi connectivity index (χ3n) is 2.05. The molecule has 0 aliphatic carbocycles. The number of hydrogen-bond donors (Lipinski definition) is 2. The van der Waals surface area contributed by atoms with Crippen molar-refractivity contribution in [2.45, 2.75) is 13.3 Å². The number of carboxylic acid groups (broad SMARTS) is 1. The number of hydrogen-bond acceptors (Lipinski definition) is 3. The molecule has 0 bridgehead atoms. The van der Waals surface area contributed by atoms with Crippen LogP contribution in [0.15, 0.2) is 18.2 Å². The van der Waals surface area contributed by atoms with E-state index in [0.29, 0.717) is 17.4 Å². The summed E-state index contributed by atoms with van der Waals surface area (Å²) in [5.74, 6) is -1.24. The molecule has 5 nitrogen and oxygen atoms in total. The Labute approximate surface area is 110 Å². The second-order valence-electron chi connectivity index (χ2n) is 3.57. The highest BCUT2D eigenvalue weighted by Crippen LogP contribution is 2.23. The predicted octanol–water partition coefficient (Wildman–Crippen LogP) is 1.94. The molecule has 1 rings (SSSR count). The van der Waals surface area contributed by atoms with Gasteiger partial charge >= 0.3 is 5.97 Å². The quantitative estimate of drug-likeness (QED) is 0.829. The van der Waals surface area contributed by atoms with Crippen molar-refractivity contribution in [2.24, 2.45) is 0 Å². The first-order chi connectivity index (χ1) is 8.54. The lowest BCUT2D eigenvalue weighted by Gasteiger charge is -2.10. The van der Waals surface area contributed by atoms with Gasteiger partial charge in [-0.3, -0.25) is 9.59 Å². The third-order valence-corrected chi connectivity index (χ3v) is 2.28. The maximum Gasteiger partial charge on any atom is 0.322 e. The van der Waals surface area contributed by atoms with E-state index in [9.17, 15) is 9.59 Å². The van der Waals surface area contributed by atoms with Gasteiger partial charge in [0.25, 0.3) is 5.91 Å². The van der Waals surface area contributed by atoms with Crippen molar-refractivity contribution in [1.82, 2.24) is 5.32 Å². The highest BCUT2D eigenvalue weighted by molar-refractivity contribution is 6.31. The molecule has 0 saturated heterocycles. The fourth-order valence-corrected chi connectivity index (χ4v) is 1.44. The van der Waals surface area contributed by atoms with Crippen LogP contribution in [0.1, 0.15) is 23.7 Å². The fourth-order valence-electron chi connectivity index (χ4n) is 1.27. The summed E-state index contributed by atoms with van der Waals surface area (Å²) in [5.41, 5.74) is 0.234. The number of carbonyl (C=O) groups is 2. The molecule has 2 N–H and O–H groups in total. The summed E-state index contributed by atoms with van der Waals surface area (Å²) >= 11 is 5.81. The van der Waals surface area contributed by atoms with Gasteiger partial charge in [-0.15, -0.1) is 0 Å². The molecule has 0 heterocycles. The van der Waals surface area contributed by atoms with E-state index in [1.807, 2.05) is 6.92 Å². The summed E-state index contributed by atoms with van der Waals surface area (Å²) in [5, 5.41) is 11.2. The zero-order chi connectivity index (χ0) is 13.5. The van der Waals surface area contributed by atoms with Crippen LogP contribution in [0.5, 0.6) is 5.75 Å². The average molecular weight is 272 g/mol. The number of amides is 1. The first kappa shape index (κ1) is 14.3. The Balaban J connectivity index is 2.86. The number of nitrogens with one attached hydrogen (secondary N) is 1. The van der Waals surface area contributed by atoms with Gasteiger partial charge in [0.05, 0.1) is 12.2 Å². The van der Waals surface area contributed by atoms with Crippen molar-refractivity contribution < 1.29 is 19.4 Å². The Morgan fingerprint density at radius 1 is 1.44 bits per heavy atom. The number of carbonyl (C=O) groups excluding carboxylic acids is 1. The number of rotatable bonds is 6. The SMILES string of the molecule is CCCOc1ccc(Cl)cc1C(=O)NCC(=O)O. The van der Waals surface area contributed by atoms with Crippen LogP contribution in [0.3, 0.4) is 0 Å². The monoisotopic (exact) mass is 271 g/mol. The largest absolute Gasteiger partial charge is 0.493 e. The summed E-state index contributed by atoms with van der Waals surface area (Å²) in [4.78, 5) is 22.2. The van der Waals surface area contributed by atoms with Crippen LogP contribution in [0.2, 0.25) is 5.02 Å². The first-order valence-electron chi connectivity index (χ1n) is 5.47. The number of carboxylic acids is 1. The predicted molar refractivity (Wildman–Crippen MR) is 67.2 cm³/mol. The van der Waals surface area contributed by atoms with Crippen LogP contribution in [0, 0.1) is 0 Å². The van der Waals surface area contributed by atoms with E-state index < -0.39 is 18.4 Å². The molecule has 0 spiro atoms. The van der Waals surface area contributed by atoms with Crippen LogP contribution in [-0.2, 0) is 4.79 Å². The highest BCUT2D eigenvalue weighted by atomic mass is 35.5. The van der Waals surface area contributed by atoms with Crippen molar-refractivity contribution in [3.8, 4) is 5.75 Å². The van der Waals surface area contributed by atoms with Crippen LogP contribution in [0.4, 0.5) is 0 Å². The molecule has 1 amide bonds. The molecule has 0 aliphatic heterocycles. The zero-order valence-electron chi connectivity index (χ0n) is 9.90. The molecule has 0 saturated carbocycles. The Hall–Kier alpha value is -1.75. The van der Waals surface area contributed by atoms with Crippen molar-refractivity contribution in [1.29, 1.82) is 0 Å². The van der Waals surface area contributed by atoms with Crippen molar-refractivity contribution >= 4 is 23.5 Å². The molecule has 18 heavy (non-hydrogen) atoms. The minimum Gasteiger partial charge on any atom is -0.493 e. The molecule has 0 unspecified atom stereocenters. The van der Waals surface area contributed by atoms with E-state index in [4.69, 9.17) is 21.4 Å². The second-order valence-corrected chi connectivity index (χ2v) is 4.00. The van der Waals surface area contributed by atoms with E-state index in [2.05, 4.69) is 5.32 Å². The number of halogens is 1. The second kappa shape index (κ2) is 6.86. The summed E-state index contributed by atoms with van der Waals surface area (Å²) < 4.78 is 5.40. The molecule has 0 aliphatic rings. The van der Waals surface area contributed by atoms with Gasteiger partial charge in [-0.25, -0.2) is 0 Å². The lowest BCUT2D eigenvalue weighted by Crippen LogP contribution is -2.29. The molecule has 0 atom stereocenters. The molecular weight excluding hydrogens is 258 g/mol. The molecule has 0 aromatic heterocycles. The molecule has 6 heteroatoms. The van der Waals surface area contributed by atoms with Crippen LogP contribution >= 0.6 is 11.6 Å². The van der Waals surface area contributed by atoms with Crippen LogP contribution in [0.25, 0.3) is 0 Å². The summed E-state index contributed by atoms with van der Waals surface area (Å²) in [6, 6.07) is 4.65. The van der Waals surface area contributed by atoms with Gasteiger partial charge in [0.1, 0.15) is 12.3 Å². The molecule has 0 radical (unpaired) electrons.